The molecule has 0 aliphatic heterocycles. The molecule has 0 spiro atoms. The normalized spacial score (nSPS) is 10.6. The van der Waals surface area contributed by atoms with Crippen molar-refractivity contribution in [1.82, 2.24) is 16.0 Å². The van der Waals surface area contributed by atoms with E-state index in [0.29, 0.717) is 0 Å². The van der Waals surface area contributed by atoms with Gasteiger partial charge in [0.15, 0.2) is 0 Å². The highest BCUT2D eigenvalue weighted by molar-refractivity contribution is 5.96. The number of phenolic OH excluding ortho intramolecular Hbond substituents is 1. The van der Waals surface area contributed by atoms with E-state index in [-0.39, 0.29) is 30.9 Å². The molecule has 0 radical (unpaired) electrons. The van der Waals surface area contributed by atoms with Crippen LogP contribution >= 0.6 is 0 Å². The number of rotatable bonds is 6. The van der Waals surface area contributed by atoms with E-state index in [0.717, 1.165) is 0 Å². The van der Waals surface area contributed by atoms with E-state index in [4.69, 9.17) is 4.74 Å². The molecule has 0 heterocycles. The Labute approximate surface area is 140 Å². The van der Waals surface area contributed by atoms with Crippen molar-refractivity contribution in [3.05, 3.63) is 29.8 Å². The monoisotopic (exact) mass is 337 g/mol. The van der Waals surface area contributed by atoms with Gasteiger partial charge in [0.2, 0.25) is 5.91 Å². The van der Waals surface area contributed by atoms with Crippen LogP contribution < -0.4 is 16.0 Å². The summed E-state index contributed by atoms with van der Waals surface area (Å²) in [6.07, 6.45) is -0.675. The summed E-state index contributed by atoms with van der Waals surface area (Å²) >= 11 is 0. The van der Waals surface area contributed by atoms with Gasteiger partial charge in [0.1, 0.15) is 11.4 Å². The zero-order valence-electron chi connectivity index (χ0n) is 14.0. The molecule has 0 aromatic heterocycles. The topological polar surface area (TPSA) is 117 Å². The molecular weight excluding hydrogens is 314 g/mol. The summed E-state index contributed by atoms with van der Waals surface area (Å²) < 4.78 is 4.99. The van der Waals surface area contributed by atoms with Crippen molar-refractivity contribution >= 4 is 17.9 Å². The number of carbonyl (C=O) groups excluding carboxylic acids is 3. The third-order valence-electron chi connectivity index (χ3n) is 2.67. The summed E-state index contributed by atoms with van der Waals surface area (Å²) in [5.41, 5.74) is -0.469. The largest absolute Gasteiger partial charge is 0.507 e. The lowest BCUT2D eigenvalue weighted by atomic mass is 10.2. The summed E-state index contributed by atoms with van der Waals surface area (Å²) in [5.74, 6) is -0.951. The first-order valence-corrected chi connectivity index (χ1v) is 7.49. The van der Waals surface area contributed by atoms with Crippen molar-refractivity contribution in [3.63, 3.8) is 0 Å². The van der Waals surface area contributed by atoms with Crippen molar-refractivity contribution in [3.8, 4) is 5.75 Å². The van der Waals surface area contributed by atoms with Crippen molar-refractivity contribution in [2.24, 2.45) is 0 Å². The van der Waals surface area contributed by atoms with Gasteiger partial charge in [-0.1, -0.05) is 12.1 Å². The van der Waals surface area contributed by atoms with E-state index in [9.17, 15) is 19.5 Å². The Kier molecular flexibility index (Phi) is 7.03. The molecule has 0 saturated carbocycles. The molecule has 0 fully saturated rings. The maximum absolute atomic E-state index is 11.8. The van der Waals surface area contributed by atoms with Gasteiger partial charge in [-0.15, -0.1) is 0 Å². The Morgan fingerprint density at radius 2 is 1.67 bits per heavy atom. The summed E-state index contributed by atoms with van der Waals surface area (Å²) in [6, 6.07) is 6.16. The highest BCUT2D eigenvalue weighted by Crippen LogP contribution is 2.14. The number of hydrogen-bond donors (Lipinski definition) is 4. The summed E-state index contributed by atoms with van der Waals surface area (Å²) in [5, 5.41) is 17.0. The lowest BCUT2D eigenvalue weighted by Gasteiger charge is -2.19. The van der Waals surface area contributed by atoms with Crippen LogP contribution in [-0.4, -0.2) is 48.2 Å². The van der Waals surface area contributed by atoms with E-state index in [1.807, 2.05) is 0 Å². The zero-order chi connectivity index (χ0) is 18.2. The maximum atomic E-state index is 11.8. The van der Waals surface area contributed by atoms with Crippen LogP contribution in [-0.2, 0) is 9.53 Å². The van der Waals surface area contributed by atoms with Crippen molar-refractivity contribution in [1.29, 1.82) is 0 Å². The second-order valence-corrected chi connectivity index (χ2v) is 5.98. The first-order valence-electron chi connectivity index (χ1n) is 7.49. The second kappa shape index (κ2) is 8.76. The van der Waals surface area contributed by atoms with Gasteiger partial charge in [-0.2, -0.15) is 0 Å². The van der Waals surface area contributed by atoms with Gasteiger partial charge in [-0.3, -0.25) is 9.59 Å². The number of hydrogen-bond acceptors (Lipinski definition) is 5. The number of aromatic hydroxyl groups is 1. The highest BCUT2D eigenvalue weighted by atomic mass is 16.6. The van der Waals surface area contributed by atoms with Crippen LogP contribution in [0.3, 0.4) is 0 Å². The van der Waals surface area contributed by atoms with Crippen LogP contribution in [0.4, 0.5) is 4.79 Å². The first kappa shape index (κ1) is 19.3. The van der Waals surface area contributed by atoms with E-state index in [2.05, 4.69) is 16.0 Å². The number of alkyl carbamates (subject to hydrolysis) is 1. The number of carbonyl (C=O) groups is 3. The van der Waals surface area contributed by atoms with Crippen LogP contribution in [0.15, 0.2) is 24.3 Å². The fraction of sp³-hybridized carbons (Fsp3) is 0.438. The van der Waals surface area contributed by atoms with Crippen molar-refractivity contribution in [2.75, 3.05) is 19.6 Å². The van der Waals surface area contributed by atoms with Gasteiger partial charge in [0.05, 0.1) is 12.1 Å². The Morgan fingerprint density at radius 3 is 2.29 bits per heavy atom. The fourth-order valence-corrected chi connectivity index (χ4v) is 1.67. The zero-order valence-corrected chi connectivity index (χ0v) is 14.0. The Bertz CT molecular complexity index is 596. The van der Waals surface area contributed by atoms with Crippen LogP contribution in [0, 0.1) is 0 Å². The fourth-order valence-electron chi connectivity index (χ4n) is 1.67. The molecule has 0 unspecified atom stereocenters. The number of amides is 3. The van der Waals surface area contributed by atoms with E-state index < -0.39 is 23.5 Å². The van der Waals surface area contributed by atoms with Gasteiger partial charge in [0.25, 0.3) is 5.91 Å². The summed E-state index contributed by atoms with van der Waals surface area (Å²) in [7, 11) is 0. The van der Waals surface area contributed by atoms with Gasteiger partial charge in [-0.05, 0) is 32.9 Å². The average molecular weight is 337 g/mol. The molecule has 0 aliphatic rings. The molecule has 0 saturated heterocycles. The predicted octanol–water partition coefficient (Wildman–Crippen LogP) is 0.763. The molecule has 0 bridgehead atoms. The van der Waals surface area contributed by atoms with Crippen molar-refractivity contribution in [2.45, 2.75) is 26.4 Å². The van der Waals surface area contributed by atoms with Crippen molar-refractivity contribution < 1.29 is 24.2 Å². The smallest absolute Gasteiger partial charge is 0.408 e. The maximum Gasteiger partial charge on any atom is 0.408 e. The molecule has 1 aromatic carbocycles. The second-order valence-electron chi connectivity index (χ2n) is 5.98. The molecule has 3 amide bonds. The Morgan fingerprint density at radius 1 is 1.04 bits per heavy atom. The van der Waals surface area contributed by atoms with Crippen LogP contribution in [0.1, 0.15) is 31.1 Å². The lowest BCUT2D eigenvalue weighted by Crippen LogP contribution is -2.42. The number of benzene rings is 1. The SMILES string of the molecule is CC(C)(C)OC(=O)NCC(=O)NCCNC(=O)c1ccccc1O. The molecule has 0 aliphatic carbocycles. The van der Waals surface area contributed by atoms with E-state index in [1.165, 1.54) is 12.1 Å². The standard InChI is InChI=1S/C16H23N3O5/c1-16(2,3)24-15(23)19-10-13(21)17-8-9-18-14(22)11-6-4-5-7-12(11)20/h4-7,20H,8-10H2,1-3H3,(H,17,21)(H,18,22)(H,19,23). The van der Waals surface area contributed by atoms with Crippen LogP contribution in [0.25, 0.3) is 0 Å². The molecule has 8 nitrogen and oxygen atoms in total. The number of ether oxygens (including phenoxy) is 1. The predicted molar refractivity (Wildman–Crippen MR) is 87.7 cm³/mol. The minimum Gasteiger partial charge on any atom is -0.507 e. The van der Waals surface area contributed by atoms with E-state index in [1.54, 1.807) is 32.9 Å². The number of phenols is 1. The van der Waals surface area contributed by atoms with Gasteiger partial charge in [0, 0.05) is 13.1 Å². The molecule has 132 valence electrons. The minimum absolute atomic E-state index is 0.111. The molecule has 24 heavy (non-hydrogen) atoms. The van der Waals surface area contributed by atoms with Gasteiger partial charge >= 0.3 is 6.09 Å². The molecule has 0 atom stereocenters. The molecule has 8 heteroatoms. The minimum atomic E-state index is -0.675. The molecule has 1 aromatic rings. The molecule has 1 rings (SSSR count). The van der Waals surface area contributed by atoms with E-state index >= 15 is 0 Å². The van der Waals surface area contributed by atoms with Gasteiger partial charge in [-0.25, -0.2) is 4.79 Å². The first-order chi connectivity index (χ1) is 11.2. The number of para-hydroxylation sites is 1. The highest BCUT2D eigenvalue weighted by Gasteiger charge is 2.16. The quantitative estimate of drug-likeness (QED) is 0.572. The molecule has 4 N–H and O–H groups in total. The summed E-state index contributed by atoms with van der Waals surface area (Å²) in [4.78, 5) is 34.7. The van der Waals surface area contributed by atoms with Gasteiger partial charge < -0.3 is 25.8 Å². The van der Waals surface area contributed by atoms with Crippen LogP contribution in [0.2, 0.25) is 0 Å². The lowest BCUT2D eigenvalue weighted by molar-refractivity contribution is -0.120. The third-order valence-corrected chi connectivity index (χ3v) is 2.67. The molecular formula is C16H23N3O5. The average Bonchev–Trinajstić information content (AvgIpc) is 2.48. The van der Waals surface area contributed by atoms with Crippen LogP contribution in [0.5, 0.6) is 5.75 Å². The number of nitrogens with one attached hydrogen (secondary N) is 3. The summed E-state index contributed by atoms with van der Waals surface area (Å²) in [6.45, 7) is 5.32. The third kappa shape index (κ3) is 7.48. The Balaban J connectivity index is 2.21. The Hall–Kier alpha value is -2.77.